The largest absolute Gasteiger partial charge is 0.360 e. The first-order valence-corrected chi connectivity index (χ1v) is 10.8. The van der Waals surface area contributed by atoms with E-state index < -0.39 is 10.0 Å². The molecule has 142 valence electrons. The van der Waals surface area contributed by atoms with Gasteiger partial charge in [0.15, 0.2) is 5.76 Å². The van der Waals surface area contributed by atoms with Crippen LogP contribution in [0.2, 0.25) is 0 Å². The number of aromatic nitrogens is 1. The van der Waals surface area contributed by atoms with Crippen LogP contribution in [0.5, 0.6) is 0 Å². The number of carbonyl (C=O) groups is 1. The van der Waals surface area contributed by atoms with E-state index in [1.807, 2.05) is 13.0 Å². The SMILES string of the molecule is CCc1sc(C(=O)N2CCN(S(=O)(=O)c3c(C)noc3C)CC2)cc1C. The zero-order valence-electron chi connectivity index (χ0n) is 15.4. The van der Waals surface area contributed by atoms with Crippen molar-refractivity contribution in [3.8, 4) is 0 Å². The molecule has 1 fully saturated rings. The summed E-state index contributed by atoms with van der Waals surface area (Å²) in [6, 6.07) is 1.93. The van der Waals surface area contributed by atoms with E-state index in [1.54, 1.807) is 18.7 Å². The fourth-order valence-corrected chi connectivity index (χ4v) is 6.03. The van der Waals surface area contributed by atoms with Crippen molar-refractivity contribution < 1.29 is 17.7 Å². The molecule has 1 aliphatic rings. The second-order valence-corrected chi connectivity index (χ2v) is 9.43. The van der Waals surface area contributed by atoms with Crippen LogP contribution in [0.3, 0.4) is 0 Å². The summed E-state index contributed by atoms with van der Waals surface area (Å²) in [5, 5.41) is 3.73. The minimum Gasteiger partial charge on any atom is -0.360 e. The van der Waals surface area contributed by atoms with Gasteiger partial charge in [0, 0.05) is 31.1 Å². The lowest BCUT2D eigenvalue weighted by molar-refractivity contribution is 0.0702. The summed E-state index contributed by atoms with van der Waals surface area (Å²) in [7, 11) is -3.66. The number of hydrogen-bond donors (Lipinski definition) is 0. The van der Waals surface area contributed by atoms with Crippen LogP contribution in [0, 0.1) is 20.8 Å². The van der Waals surface area contributed by atoms with E-state index in [2.05, 4.69) is 12.1 Å². The quantitative estimate of drug-likeness (QED) is 0.791. The topological polar surface area (TPSA) is 83.7 Å². The van der Waals surface area contributed by atoms with Crippen LogP contribution in [0.15, 0.2) is 15.5 Å². The van der Waals surface area contributed by atoms with Gasteiger partial charge in [0.2, 0.25) is 10.0 Å². The first kappa shape index (κ1) is 19.1. The molecule has 0 N–H and O–H groups in total. The van der Waals surface area contributed by atoms with Crippen molar-refractivity contribution in [2.45, 2.75) is 39.0 Å². The summed E-state index contributed by atoms with van der Waals surface area (Å²) in [5.41, 5.74) is 1.50. The molecule has 0 aliphatic carbocycles. The highest BCUT2D eigenvalue weighted by atomic mass is 32.2. The number of amides is 1. The average molecular weight is 398 g/mol. The standard InChI is InChI=1S/C17H23N3O4S2/c1-5-14-11(2)10-15(25-14)17(21)19-6-8-20(9-7-19)26(22,23)16-12(3)18-24-13(16)4/h10H,5-9H2,1-4H3. The lowest BCUT2D eigenvalue weighted by Crippen LogP contribution is -2.50. The smallest absolute Gasteiger partial charge is 0.264 e. The molecule has 7 nitrogen and oxygen atoms in total. The normalized spacial score (nSPS) is 16.2. The summed E-state index contributed by atoms with van der Waals surface area (Å²) in [5.74, 6) is 0.273. The van der Waals surface area contributed by atoms with E-state index >= 15 is 0 Å². The number of aryl methyl sites for hydroxylation is 4. The fraction of sp³-hybridized carbons (Fsp3) is 0.529. The molecule has 0 unspecified atom stereocenters. The van der Waals surface area contributed by atoms with Crippen LogP contribution in [-0.4, -0.2) is 54.9 Å². The van der Waals surface area contributed by atoms with Gasteiger partial charge in [-0.05, 0) is 38.8 Å². The van der Waals surface area contributed by atoms with Gasteiger partial charge in [-0.15, -0.1) is 11.3 Å². The Balaban J connectivity index is 1.72. The summed E-state index contributed by atoms with van der Waals surface area (Å²) in [6.45, 7) is 8.59. The first-order chi connectivity index (χ1) is 12.3. The highest BCUT2D eigenvalue weighted by Crippen LogP contribution is 2.26. The Morgan fingerprint density at radius 3 is 2.38 bits per heavy atom. The van der Waals surface area contributed by atoms with Gasteiger partial charge in [0.05, 0.1) is 4.88 Å². The summed E-state index contributed by atoms with van der Waals surface area (Å²) in [6.07, 6.45) is 0.910. The highest BCUT2D eigenvalue weighted by Gasteiger charge is 2.34. The average Bonchev–Trinajstić information content (AvgIpc) is 3.16. The lowest BCUT2D eigenvalue weighted by atomic mass is 10.2. The molecule has 0 atom stereocenters. The van der Waals surface area contributed by atoms with Crippen LogP contribution >= 0.6 is 11.3 Å². The van der Waals surface area contributed by atoms with Crippen LogP contribution < -0.4 is 0 Å². The van der Waals surface area contributed by atoms with Gasteiger partial charge in [-0.3, -0.25) is 4.79 Å². The number of thiophene rings is 1. The molecule has 1 aliphatic heterocycles. The molecule has 26 heavy (non-hydrogen) atoms. The van der Waals surface area contributed by atoms with Crippen LogP contribution in [-0.2, 0) is 16.4 Å². The Hall–Kier alpha value is -1.71. The van der Waals surface area contributed by atoms with Crippen LogP contribution in [0.4, 0.5) is 0 Å². The minimum absolute atomic E-state index is 0.0211. The van der Waals surface area contributed by atoms with E-state index in [9.17, 15) is 13.2 Å². The molecular formula is C17H23N3O4S2. The third-order valence-electron chi connectivity index (χ3n) is 4.64. The predicted octanol–water partition coefficient (Wildman–Crippen LogP) is 2.37. The van der Waals surface area contributed by atoms with Gasteiger partial charge < -0.3 is 9.42 Å². The molecule has 1 amide bonds. The third kappa shape index (κ3) is 3.30. The number of piperazine rings is 1. The number of carbonyl (C=O) groups excluding carboxylic acids is 1. The zero-order valence-corrected chi connectivity index (χ0v) is 17.0. The van der Waals surface area contributed by atoms with Crippen LogP contribution in [0.1, 0.15) is 38.5 Å². The summed E-state index contributed by atoms with van der Waals surface area (Å²) >= 11 is 1.53. The maximum absolute atomic E-state index is 12.8. The lowest BCUT2D eigenvalue weighted by Gasteiger charge is -2.33. The molecule has 0 spiro atoms. The van der Waals surface area contributed by atoms with Crippen molar-refractivity contribution in [1.29, 1.82) is 0 Å². The van der Waals surface area contributed by atoms with Gasteiger partial charge in [-0.1, -0.05) is 12.1 Å². The Kier molecular flexibility index (Phi) is 5.23. The molecule has 0 bridgehead atoms. The minimum atomic E-state index is -3.66. The fourth-order valence-electron chi connectivity index (χ4n) is 3.24. The van der Waals surface area contributed by atoms with E-state index in [0.29, 0.717) is 24.5 Å². The maximum Gasteiger partial charge on any atom is 0.264 e. The zero-order chi connectivity index (χ0) is 19.1. The molecular weight excluding hydrogens is 374 g/mol. The van der Waals surface area contributed by atoms with Gasteiger partial charge >= 0.3 is 0 Å². The van der Waals surface area contributed by atoms with Crippen molar-refractivity contribution in [1.82, 2.24) is 14.4 Å². The Morgan fingerprint density at radius 2 is 1.88 bits per heavy atom. The van der Waals surface area contributed by atoms with Gasteiger partial charge in [0.25, 0.3) is 5.91 Å². The Labute approximate surface area is 157 Å². The second-order valence-electron chi connectivity index (χ2n) is 6.42. The number of nitrogens with zero attached hydrogens (tertiary/aromatic N) is 3. The second kappa shape index (κ2) is 7.13. The number of rotatable bonds is 4. The Morgan fingerprint density at radius 1 is 1.23 bits per heavy atom. The van der Waals surface area contributed by atoms with Gasteiger partial charge in [-0.25, -0.2) is 8.42 Å². The summed E-state index contributed by atoms with van der Waals surface area (Å²) in [4.78, 5) is 16.5. The van der Waals surface area contributed by atoms with Crippen molar-refractivity contribution in [3.05, 3.63) is 32.8 Å². The molecule has 0 saturated carbocycles. The maximum atomic E-state index is 12.8. The molecule has 2 aromatic heterocycles. The van der Waals surface area contributed by atoms with Crippen molar-refractivity contribution >= 4 is 27.3 Å². The van der Waals surface area contributed by atoms with E-state index in [-0.39, 0.29) is 23.9 Å². The molecule has 0 radical (unpaired) electrons. The Bertz CT molecular complexity index is 902. The third-order valence-corrected chi connectivity index (χ3v) is 8.16. The predicted molar refractivity (Wildman–Crippen MR) is 99.1 cm³/mol. The molecule has 3 heterocycles. The van der Waals surface area contributed by atoms with Gasteiger partial charge in [-0.2, -0.15) is 4.31 Å². The molecule has 9 heteroatoms. The van der Waals surface area contributed by atoms with E-state index in [0.717, 1.165) is 16.9 Å². The molecule has 0 aromatic carbocycles. The van der Waals surface area contributed by atoms with Crippen LogP contribution in [0.25, 0.3) is 0 Å². The molecule has 1 saturated heterocycles. The van der Waals surface area contributed by atoms with E-state index in [1.165, 1.54) is 20.5 Å². The summed E-state index contributed by atoms with van der Waals surface area (Å²) < 4.78 is 32.1. The van der Waals surface area contributed by atoms with Gasteiger partial charge in [0.1, 0.15) is 10.6 Å². The first-order valence-electron chi connectivity index (χ1n) is 8.57. The number of hydrogen-bond acceptors (Lipinski definition) is 6. The van der Waals surface area contributed by atoms with Crippen molar-refractivity contribution in [2.24, 2.45) is 0 Å². The van der Waals surface area contributed by atoms with E-state index in [4.69, 9.17) is 4.52 Å². The molecule has 2 aromatic rings. The molecule has 3 rings (SSSR count). The number of sulfonamides is 1. The highest BCUT2D eigenvalue weighted by molar-refractivity contribution is 7.89. The van der Waals surface area contributed by atoms with Crippen molar-refractivity contribution in [3.63, 3.8) is 0 Å². The van der Waals surface area contributed by atoms with Crippen molar-refractivity contribution in [2.75, 3.05) is 26.2 Å². The monoisotopic (exact) mass is 397 g/mol.